The van der Waals surface area contributed by atoms with Crippen molar-refractivity contribution >= 4 is 23.8 Å². The molecule has 10 nitrogen and oxygen atoms in total. The van der Waals surface area contributed by atoms with E-state index in [0.717, 1.165) is 0 Å². The Labute approximate surface area is 180 Å². The molecule has 0 saturated heterocycles. The fourth-order valence-electron chi connectivity index (χ4n) is 2.43. The number of carbonyl (C=O) groups excluding carboxylic acids is 1. The molecule has 0 aliphatic heterocycles. The van der Waals surface area contributed by atoms with Crippen LogP contribution in [-0.4, -0.2) is 39.0 Å². The number of nitrogens with two attached hydrogens (primary N) is 1. The number of amides is 1. The van der Waals surface area contributed by atoms with Crippen molar-refractivity contribution in [2.45, 2.75) is 26.9 Å². The number of carbonyl (C=O) groups is 1. The molecule has 1 aromatic heterocycles. The second kappa shape index (κ2) is 10.6. The lowest BCUT2D eigenvalue weighted by Gasteiger charge is -2.14. The molecule has 0 unspecified atom stereocenters. The highest BCUT2D eigenvalue weighted by molar-refractivity contribution is 6.04. The number of aromatic nitrogens is 2. The standard InChI is InChI=1S/C21H26N6O4/c1-6-18(20(22)26-29)23-12-14(4)31-17-10-15(9-16(11-17)30-13(2)3)21(28)24-19-7-8-27(5)25-19/h6-13,29H,4H2,1-3,5H3,(H2,22,26)(H,24,25,28)/b18-6-,23-12?. The third-order valence-electron chi connectivity index (χ3n) is 3.71. The number of rotatable bonds is 9. The highest BCUT2D eigenvalue weighted by Crippen LogP contribution is 2.25. The van der Waals surface area contributed by atoms with Crippen LogP contribution in [0.25, 0.3) is 0 Å². The summed E-state index contributed by atoms with van der Waals surface area (Å²) in [6, 6.07) is 6.47. The van der Waals surface area contributed by atoms with E-state index in [-0.39, 0.29) is 29.3 Å². The van der Waals surface area contributed by atoms with Crippen molar-refractivity contribution < 1.29 is 19.5 Å². The van der Waals surface area contributed by atoms with Crippen molar-refractivity contribution in [1.82, 2.24) is 9.78 Å². The van der Waals surface area contributed by atoms with E-state index >= 15 is 0 Å². The van der Waals surface area contributed by atoms with Crippen molar-refractivity contribution in [2.75, 3.05) is 5.32 Å². The number of amidine groups is 1. The molecule has 0 aliphatic rings. The average Bonchev–Trinajstić information content (AvgIpc) is 3.11. The lowest BCUT2D eigenvalue weighted by Crippen LogP contribution is -2.14. The van der Waals surface area contributed by atoms with Gasteiger partial charge in [0, 0.05) is 30.9 Å². The quantitative estimate of drug-likeness (QED) is 0.185. The van der Waals surface area contributed by atoms with E-state index in [2.05, 4.69) is 27.1 Å². The number of benzene rings is 1. The normalized spacial score (nSPS) is 12.3. The van der Waals surface area contributed by atoms with Gasteiger partial charge in [0.15, 0.2) is 11.7 Å². The molecule has 0 fully saturated rings. The fraction of sp³-hybridized carbons (Fsp3) is 0.238. The van der Waals surface area contributed by atoms with E-state index < -0.39 is 0 Å². The lowest BCUT2D eigenvalue weighted by atomic mass is 10.2. The van der Waals surface area contributed by atoms with Crippen LogP contribution in [0.3, 0.4) is 0 Å². The molecule has 0 bridgehead atoms. The maximum atomic E-state index is 12.7. The van der Waals surface area contributed by atoms with Crippen LogP contribution in [0, 0.1) is 0 Å². The van der Waals surface area contributed by atoms with E-state index in [1.165, 1.54) is 6.21 Å². The molecular weight excluding hydrogens is 400 g/mol. The fourth-order valence-corrected chi connectivity index (χ4v) is 2.43. The molecule has 164 valence electrons. The Bertz CT molecular complexity index is 1040. The first-order valence-electron chi connectivity index (χ1n) is 9.39. The summed E-state index contributed by atoms with van der Waals surface area (Å²) in [7, 11) is 1.75. The molecule has 10 heteroatoms. The van der Waals surface area contributed by atoms with Gasteiger partial charge in [-0.05, 0) is 32.9 Å². The lowest BCUT2D eigenvalue weighted by molar-refractivity contribution is 0.102. The Morgan fingerprint density at radius 2 is 2.06 bits per heavy atom. The van der Waals surface area contributed by atoms with Gasteiger partial charge in [0.2, 0.25) is 0 Å². The minimum atomic E-state index is -0.375. The van der Waals surface area contributed by atoms with Gasteiger partial charge in [0.25, 0.3) is 5.91 Å². The van der Waals surface area contributed by atoms with Crippen LogP contribution in [0.1, 0.15) is 31.1 Å². The highest BCUT2D eigenvalue weighted by Gasteiger charge is 2.13. The average molecular weight is 426 g/mol. The minimum Gasteiger partial charge on any atom is -0.491 e. The van der Waals surface area contributed by atoms with Crippen LogP contribution in [0.15, 0.2) is 64.7 Å². The smallest absolute Gasteiger partial charge is 0.257 e. The van der Waals surface area contributed by atoms with Gasteiger partial charge >= 0.3 is 0 Å². The van der Waals surface area contributed by atoms with Crippen molar-refractivity contribution in [1.29, 1.82) is 0 Å². The van der Waals surface area contributed by atoms with Crippen molar-refractivity contribution in [3.05, 3.63) is 60.1 Å². The van der Waals surface area contributed by atoms with Crippen LogP contribution < -0.4 is 20.5 Å². The van der Waals surface area contributed by atoms with E-state index in [1.807, 2.05) is 13.8 Å². The van der Waals surface area contributed by atoms with Crippen molar-refractivity contribution in [3.8, 4) is 11.5 Å². The summed E-state index contributed by atoms with van der Waals surface area (Å²) in [6.07, 6.45) is 4.50. The number of ether oxygens (including phenoxy) is 2. The van der Waals surface area contributed by atoms with Gasteiger partial charge in [-0.3, -0.25) is 9.48 Å². The van der Waals surface area contributed by atoms with Crippen LogP contribution in [0.5, 0.6) is 11.5 Å². The molecule has 4 N–H and O–H groups in total. The SMILES string of the molecule is C=C(C=NC(=C\C)/C(N)=N/O)Oc1cc(OC(C)C)cc(C(=O)Nc2ccn(C)n2)c1. The van der Waals surface area contributed by atoms with Gasteiger partial charge in [-0.25, -0.2) is 4.99 Å². The number of hydrogen-bond donors (Lipinski definition) is 3. The monoisotopic (exact) mass is 426 g/mol. The molecule has 2 aromatic rings. The molecule has 31 heavy (non-hydrogen) atoms. The van der Waals surface area contributed by atoms with Crippen molar-refractivity contribution in [2.24, 2.45) is 22.9 Å². The Morgan fingerprint density at radius 1 is 1.35 bits per heavy atom. The first-order valence-corrected chi connectivity index (χ1v) is 9.39. The predicted octanol–water partition coefficient (Wildman–Crippen LogP) is 3.07. The number of aryl methyl sites for hydroxylation is 1. The van der Waals surface area contributed by atoms with Crippen LogP contribution in [-0.2, 0) is 7.05 Å². The van der Waals surface area contributed by atoms with Gasteiger partial charge in [-0.1, -0.05) is 17.8 Å². The summed E-state index contributed by atoms with van der Waals surface area (Å²) in [6.45, 7) is 9.22. The number of nitrogens with one attached hydrogen (secondary N) is 1. The van der Waals surface area contributed by atoms with Gasteiger partial charge in [-0.2, -0.15) is 5.10 Å². The van der Waals surface area contributed by atoms with Crippen LogP contribution >= 0.6 is 0 Å². The molecule has 0 spiro atoms. The molecule has 0 saturated carbocycles. The molecule has 1 heterocycles. The third-order valence-corrected chi connectivity index (χ3v) is 3.71. The largest absolute Gasteiger partial charge is 0.491 e. The summed E-state index contributed by atoms with van der Waals surface area (Å²) in [4.78, 5) is 16.8. The zero-order chi connectivity index (χ0) is 23.0. The summed E-state index contributed by atoms with van der Waals surface area (Å²) in [5, 5.41) is 18.5. The molecular formula is C21H26N6O4. The van der Waals surface area contributed by atoms with Crippen LogP contribution in [0.2, 0.25) is 0 Å². The number of anilines is 1. The highest BCUT2D eigenvalue weighted by atomic mass is 16.5. The van der Waals surface area contributed by atoms with E-state index in [0.29, 0.717) is 22.9 Å². The maximum absolute atomic E-state index is 12.7. The number of nitrogens with zero attached hydrogens (tertiary/aromatic N) is 4. The number of oxime groups is 1. The summed E-state index contributed by atoms with van der Waals surface area (Å²) >= 11 is 0. The number of hydrogen-bond acceptors (Lipinski definition) is 7. The van der Waals surface area contributed by atoms with Gasteiger partial charge in [-0.15, -0.1) is 0 Å². The zero-order valence-corrected chi connectivity index (χ0v) is 17.9. The minimum absolute atomic E-state index is 0.107. The van der Waals surface area contributed by atoms with Gasteiger partial charge in [0.1, 0.15) is 23.0 Å². The number of allylic oxidation sites excluding steroid dienone is 2. The second-order valence-corrected chi connectivity index (χ2v) is 6.67. The molecule has 0 aliphatic carbocycles. The summed E-state index contributed by atoms with van der Waals surface area (Å²) < 4.78 is 13.0. The number of aliphatic imine (C=N–C) groups is 1. The summed E-state index contributed by atoms with van der Waals surface area (Å²) in [5.74, 6) is 0.847. The molecule has 1 amide bonds. The maximum Gasteiger partial charge on any atom is 0.257 e. The van der Waals surface area contributed by atoms with E-state index in [9.17, 15) is 4.79 Å². The van der Waals surface area contributed by atoms with Gasteiger partial charge < -0.3 is 25.7 Å². The summed E-state index contributed by atoms with van der Waals surface area (Å²) in [5.41, 5.74) is 6.09. The Balaban J connectivity index is 2.24. The van der Waals surface area contributed by atoms with Crippen LogP contribution in [0.4, 0.5) is 5.82 Å². The first kappa shape index (κ1) is 23.2. The Hall–Kier alpha value is -4.08. The molecule has 0 radical (unpaired) electrons. The van der Waals surface area contributed by atoms with Crippen molar-refractivity contribution in [3.63, 3.8) is 0 Å². The Kier molecular flexibility index (Phi) is 7.95. The first-order chi connectivity index (χ1) is 14.7. The van der Waals surface area contributed by atoms with E-state index in [1.54, 1.807) is 55.2 Å². The molecule has 1 aromatic carbocycles. The topological polar surface area (TPSA) is 136 Å². The second-order valence-electron chi connectivity index (χ2n) is 6.67. The third kappa shape index (κ3) is 7.03. The van der Waals surface area contributed by atoms with Gasteiger partial charge in [0.05, 0.1) is 12.3 Å². The zero-order valence-electron chi connectivity index (χ0n) is 17.9. The molecule has 2 rings (SSSR count). The predicted molar refractivity (Wildman–Crippen MR) is 119 cm³/mol. The molecule has 0 atom stereocenters. The van der Waals surface area contributed by atoms with E-state index in [4.69, 9.17) is 20.4 Å². The Morgan fingerprint density at radius 3 is 2.65 bits per heavy atom.